The molecule has 2 heterocycles. The van der Waals surface area contributed by atoms with Crippen LogP contribution in [0.15, 0.2) is 59.1 Å². The first-order chi connectivity index (χ1) is 15.5. The quantitative estimate of drug-likeness (QED) is 0.273. The van der Waals surface area contributed by atoms with Crippen LogP contribution in [0.4, 0.5) is 0 Å². The summed E-state index contributed by atoms with van der Waals surface area (Å²) >= 11 is 1.42. The Balaban J connectivity index is 1.83. The van der Waals surface area contributed by atoms with E-state index in [4.69, 9.17) is 9.26 Å². The molecule has 0 radical (unpaired) electrons. The molecule has 0 aliphatic carbocycles. The van der Waals surface area contributed by atoms with Crippen molar-refractivity contribution in [3.05, 3.63) is 71.4 Å². The van der Waals surface area contributed by atoms with Gasteiger partial charge in [0.25, 0.3) is 5.89 Å². The van der Waals surface area contributed by atoms with Crippen molar-refractivity contribution in [1.82, 2.24) is 19.9 Å². The lowest BCUT2D eigenvalue weighted by Crippen LogP contribution is -2.08. The van der Waals surface area contributed by atoms with Crippen LogP contribution in [0.5, 0.6) is 0 Å². The first-order valence-corrected chi connectivity index (χ1v) is 11.6. The molecule has 0 aliphatic rings. The summed E-state index contributed by atoms with van der Waals surface area (Å²) in [5.41, 5.74) is 4.60. The summed E-state index contributed by atoms with van der Waals surface area (Å²) in [6.45, 7) is 6.23. The number of nitrogens with zero attached hydrogens (tertiary/aromatic N) is 4. The van der Waals surface area contributed by atoms with Crippen LogP contribution in [0.3, 0.4) is 0 Å². The molecule has 0 amide bonds. The molecule has 0 aliphatic heterocycles. The van der Waals surface area contributed by atoms with Gasteiger partial charge in [-0.1, -0.05) is 54.9 Å². The van der Waals surface area contributed by atoms with Gasteiger partial charge in [0.15, 0.2) is 5.69 Å². The number of benzene rings is 2. The van der Waals surface area contributed by atoms with Crippen molar-refractivity contribution in [3.63, 3.8) is 0 Å². The zero-order valence-electron chi connectivity index (χ0n) is 18.4. The Morgan fingerprint density at radius 1 is 1.16 bits per heavy atom. The van der Waals surface area contributed by atoms with Gasteiger partial charge in [-0.15, -0.1) is 11.8 Å². The standard InChI is InChI=1S/C24H24N4O3S/c1-15(2)18-10-5-6-11-20(18)28-21(13-19(26-28)24(29)30-14-32-4)22-25-23(31-27-22)17-9-7-8-16(3)12-17/h5-13,15H,14H2,1-4H3. The second-order valence-electron chi connectivity index (χ2n) is 7.67. The van der Waals surface area contributed by atoms with Gasteiger partial charge >= 0.3 is 5.97 Å². The lowest BCUT2D eigenvalue weighted by atomic mass is 10.0. The minimum absolute atomic E-state index is 0.189. The van der Waals surface area contributed by atoms with Crippen molar-refractivity contribution in [1.29, 1.82) is 0 Å². The van der Waals surface area contributed by atoms with E-state index in [9.17, 15) is 4.79 Å². The van der Waals surface area contributed by atoms with Gasteiger partial charge in [0.2, 0.25) is 5.82 Å². The molecular weight excluding hydrogens is 424 g/mol. The highest BCUT2D eigenvalue weighted by molar-refractivity contribution is 7.98. The highest BCUT2D eigenvalue weighted by Gasteiger charge is 2.23. The smallest absolute Gasteiger partial charge is 0.359 e. The number of aromatic nitrogens is 4. The number of rotatable bonds is 7. The molecule has 0 spiro atoms. The third-order valence-electron chi connectivity index (χ3n) is 4.93. The Labute approximate surface area is 190 Å². The number of ether oxygens (including phenoxy) is 1. The molecule has 4 aromatic rings. The van der Waals surface area contributed by atoms with Gasteiger partial charge in [-0.25, -0.2) is 9.48 Å². The maximum Gasteiger partial charge on any atom is 0.359 e. The molecular formula is C24H24N4O3S. The van der Waals surface area contributed by atoms with Crippen LogP contribution in [-0.4, -0.2) is 38.1 Å². The molecule has 4 rings (SSSR count). The van der Waals surface area contributed by atoms with Crippen LogP contribution in [0.1, 0.15) is 41.4 Å². The van der Waals surface area contributed by atoms with Crippen LogP contribution in [0.25, 0.3) is 28.7 Å². The Hall–Kier alpha value is -3.39. The van der Waals surface area contributed by atoms with E-state index in [1.165, 1.54) is 11.8 Å². The number of carbonyl (C=O) groups excluding carboxylic acids is 1. The number of para-hydroxylation sites is 1. The van der Waals surface area contributed by atoms with Gasteiger partial charge < -0.3 is 9.26 Å². The number of thioether (sulfide) groups is 1. The molecule has 0 fully saturated rings. The summed E-state index contributed by atoms with van der Waals surface area (Å²) < 4.78 is 12.5. The van der Waals surface area contributed by atoms with Gasteiger partial charge in [-0.3, -0.25) is 0 Å². The van der Waals surface area contributed by atoms with E-state index in [1.807, 2.05) is 61.7 Å². The molecule has 0 atom stereocenters. The van der Waals surface area contributed by atoms with Crippen LogP contribution in [0, 0.1) is 6.92 Å². The topological polar surface area (TPSA) is 83.0 Å². The van der Waals surface area contributed by atoms with Crippen LogP contribution in [0.2, 0.25) is 0 Å². The Kier molecular flexibility index (Phi) is 6.41. The maximum atomic E-state index is 12.5. The van der Waals surface area contributed by atoms with E-state index in [1.54, 1.807) is 10.7 Å². The maximum absolute atomic E-state index is 12.5. The summed E-state index contributed by atoms with van der Waals surface area (Å²) in [5.74, 6) is 0.757. The van der Waals surface area contributed by atoms with Gasteiger partial charge in [0.1, 0.15) is 11.6 Å². The number of hydrogen-bond donors (Lipinski definition) is 0. The lowest BCUT2D eigenvalue weighted by Gasteiger charge is -2.13. The zero-order valence-corrected chi connectivity index (χ0v) is 19.2. The molecule has 8 heteroatoms. The molecule has 0 saturated heterocycles. The fourth-order valence-corrected chi connectivity index (χ4v) is 3.63. The number of aryl methyl sites for hydroxylation is 1. The van der Waals surface area contributed by atoms with Crippen LogP contribution >= 0.6 is 11.8 Å². The van der Waals surface area contributed by atoms with Crippen LogP contribution < -0.4 is 0 Å². The van der Waals surface area contributed by atoms with Crippen molar-refractivity contribution < 1.29 is 14.1 Å². The summed E-state index contributed by atoms with van der Waals surface area (Å²) in [5, 5.41) is 8.74. The average molecular weight is 449 g/mol. The summed E-state index contributed by atoms with van der Waals surface area (Å²) in [6, 6.07) is 17.4. The van der Waals surface area contributed by atoms with E-state index in [0.717, 1.165) is 22.4 Å². The highest BCUT2D eigenvalue weighted by atomic mass is 32.2. The minimum atomic E-state index is -0.496. The number of hydrogen-bond acceptors (Lipinski definition) is 7. The van der Waals surface area contributed by atoms with E-state index in [-0.39, 0.29) is 17.6 Å². The number of esters is 1. The molecule has 2 aromatic carbocycles. The Bertz CT molecular complexity index is 1250. The fraction of sp³-hybridized carbons (Fsp3) is 0.250. The van der Waals surface area contributed by atoms with E-state index in [0.29, 0.717) is 17.4 Å². The summed E-state index contributed by atoms with van der Waals surface area (Å²) in [4.78, 5) is 17.1. The van der Waals surface area contributed by atoms with E-state index >= 15 is 0 Å². The second kappa shape index (κ2) is 9.40. The fourth-order valence-electron chi connectivity index (χ4n) is 3.40. The van der Waals surface area contributed by atoms with E-state index in [2.05, 4.69) is 29.1 Å². The third-order valence-corrected chi connectivity index (χ3v) is 5.29. The molecule has 2 aromatic heterocycles. The Morgan fingerprint density at radius 3 is 2.72 bits per heavy atom. The summed E-state index contributed by atoms with van der Waals surface area (Å²) in [6.07, 6.45) is 1.86. The van der Waals surface area contributed by atoms with Crippen molar-refractivity contribution in [2.75, 3.05) is 12.2 Å². The largest absolute Gasteiger partial charge is 0.450 e. The molecule has 32 heavy (non-hydrogen) atoms. The van der Waals surface area contributed by atoms with Crippen molar-refractivity contribution >= 4 is 17.7 Å². The second-order valence-corrected chi connectivity index (χ2v) is 8.48. The lowest BCUT2D eigenvalue weighted by molar-refractivity contribution is 0.0572. The summed E-state index contributed by atoms with van der Waals surface area (Å²) in [7, 11) is 0. The molecule has 164 valence electrons. The van der Waals surface area contributed by atoms with Gasteiger partial charge in [0, 0.05) is 11.6 Å². The predicted molar refractivity (Wildman–Crippen MR) is 125 cm³/mol. The average Bonchev–Trinajstić information content (AvgIpc) is 3.45. The van der Waals surface area contributed by atoms with Gasteiger partial charge in [-0.05, 0) is 42.9 Å². The first kappa shape index (κ1) is 21.8. The molecule has 0 saturated carbocycles. The molecule has 0 N–H and O–H groups in total. The first-order valence-electron chi connectivity index (χ1n) is 10.2. The van der Waals surface area contributed by atoms with Crippen LogP contribution in [-0.2, 0) is 4.74 Å². The minimum Gasteiger partial charge on any atom is -0.450 e. The van der Waals surface area contributed by atoms with Gasteiger partial charge in [0.05, 0.1) is 5.69 Å². The number of carbonyl (C=O) groups is 1. The Morgan fingerprint density at radius 2 is 1.97 bits per heavy atom. The van der Waals surface area contributed by atoms with E-state index < -0.39 is 5.97 Å². The predicted octanol–water partition coefficient (Wildman–Crippen LogP) is 5.50. The van der Waals surface area contributed by atoms with Crippen molar-refractivity contribution in [3.8, 4) is 28.7 Å². The normalized spacial score (nSPS) is 11.2. The highest BCUT2D eigenvalue weighted by Crippen LogP contribution is 2.29. The van der Waals surface area contributed by atoms with Crippen molar-refractivity contribution in [2.24, 2.45) is 0 Å². The SMILES string of the molecule is CSCOC(=O)c1cc(-c2noc(-c3cccc(C)c3)n2)n(-c2ccccc2C(C)C)n1. The third kappa shape index (κ3) is 4.45. The molecule has 0 unspecified atom stereocenters. The zero-order chi connectivity index (χ0) is 22.7. The van der Waals surface area contributed by atoms with Crippen molar-refractivity contribution in [2.45, 2.75) is 26.7 Å². The van der Waals surface area contributed by atoms with Gasteiger partial charge in [-0.2, -0.15) is 10.1 Å². The monoisotopic (exact) mass is 448 g/mol. The molecule has 0 bridgehead atoms. The molecule has 7 nitrogen and oxygen atoms in total.